The van der Waals surface area contributed by atoms with E-state index in [4.69, 9.17) is 5.26 Å². The zero-order valence-electron chi connectivity index (χ0n) is 13.4. The van der Waals surface area contributed by atoms with Crippen molar-refractivity contribution in [3.63, 3.8) is 0 Å². The summed E-state index contributed by atoms with van der Waals surface area (Å²) in [4.78, 5) is 24.8. The lowest BCUT2D eigenvalue weighted by Gasteiger charge is -2.30. The molecule has 0 bridgehead atoms. The SMILES string of the molecule is C[C@@]1(c2cccc(C(F)(F)F)c2)CNC(=O)[C@@H]1C(=O)NC1(C#N)CC1. The number of hydrogen-bond acceptors (Lipinski definition) is 3. The van der Waals surface area contributed by atoms with Crippen molar-refractivity contribution in [2.24, 2.45) is 5.92 Å². The fraction of sp³-hybridized carbons (Fsp3) is 0.471. The molecule has 2 aliphatic rings. The summed E-state index contributed by atoms with van der Waals surface area (Å²) in [7, 11) is 0. The highest BCUT2D eigenvalue weighted by atomic mass is 19.4. The molecule has 0 radical (unpaired) electrons. The van der Waals surface area contributed by atoms with Crippen LogP contribution in [-0.2, 0) is 21.2 Å². The molecule has 1 saturated carbocycles. The van der Waals surface area contributed by atoms with Crippen LogP contribution >= 0.6 is 0 Å². The Balaban J connectivity index is 1.95. The molecule has 132 valence electrons. The predicted molar refractivity (Wildman–Crippen MR) is 81.0 cm³/mol. The number of hydrogen-bond donors (Lipinski definition) is 2. The summed E-state index contributed by atoms with van der Waals surface area (Å²) in [6.07, 6.45) is -3.51. The fourth-order valence-electron chi connectivity index (χ4n) is 3.19. The Kier molecular flexibility index (Phi) is 3.78. The molecule has 1 heterocycles. The first-order valence-corrected chi connectivity index (χ1v) is 7.80. The third-order valence-corrected chi connectivity index (χ3v) is 4.97. The summed E-state index contributed by atoms with van der Waals surface area (Å²) in [5.41, 5.74) is -2.66. The molecule has 0 aromatic heterocycles. The molecule has 8 heteroatoms. The van der Waals surface area contributed by atoms with Crippen molar-refractivity contribution in [2.45, 2.75) is 36.9 Å². The van der Waals surface area contributed by atoms with E-state index in [-0.39, 0.29) is 12.1 Å². The topological polar surface area (TPSA) is 82.0 Å². The normalized spacial score (nSPS) is 27.3. The average molecular weight is 351 g/mol. The van der Waals surface area contributed by atoms with Gasteiger partial charge >= 0.3 is 6.18 Å². The molecular weight excluding hydrogens is 335 g/mol. The quantitative estimate of drug-likeness (QED) is 0.816. The summed E-state index contributed by atoms with van der Waals surface area (Å²) < 4.78 is 39.0. The Bertz CT molecular complexity index is 780. The molecule has 1 aliphatic heterocycles. The molecule has 2 fully saturated rings. The van der Waals surface area contributed by atoms with Crippen LogP contribution in [0.1, 0.15) is 30.9 Å². The van der Waals surface area contributed by atoms with Gasteiger partial charge in [0.05, 0.1) is 11.6 Å². The van der Waals surface area contributed by atoms with Gasteiger partial charge in [-0.3, -0.25) is 9.59 Å². The number of carbonyl (C=O) groups is 2. The van der Waals surface area contributed by atoms with Crippen LogP contribution in [0.15, 0.2) is 24.3 Å². The van der Waals surface area contributed by atoms with Gasteiger partial charge in [0.15, 0.2) is 0 Å². The smallest absolute Gasteiger partial charge is 0.354 e. The molecular formula is C17H16F3N3O2. The lowest BCUT2D eigenvalue weighted by Crippen LogP contribution is -2.48. The third-order valence-electron chi connectivity index (χ3n) is 4.97. The number of benzene rings is 1. The molecule has 0 spiro atoms. The largest absolute Gasteiger partial charge is 0.416 e. The molecule has 25 heavy (non-hydrogen) atoms. The van der Waals surface area contributed by atoms with Gasteiger partial charge in [-0.25, -0.2) is 0 Å². The van der Waals surface area contributed by atoms with E-state index in [1.807, 2.05) is 6.07 Å². The van der Waals surface area contributed by atoms with Crippen molar-refractivity contribution in [3.8, 4) is 6.07 Å². The van der Waals surface area contributed by atoms with E-state index in [9.17, 15) is 22.8 Å². The molecule has 2 atom stereocenters. The van der Waals surface area contributed by atoms with Crippen LogP contribution in [0.2, 0.25) is 0 Å². The monoisotopic (exact) mass is 351 g/mol. The minimum atomic E-state index is -4.51. The van der Waals surface area contributed by atoms with E-state index in [1.165, 1.54) is 12.1 Å². The molecule has 1 aromatic carbocycles. The lowest BCUT2D eigenvalue weighted by molar-refractivity contribution is -0.137. The molecule has 2 amide bonds. The van der Waals surface area contributed by atoms with Gasteiger partial charge < -0.3 is 10.6 Å². The first kappa shape index (κ1) is 17.3. The van der Waals surface area contributed by atoms with Crippen LogP contribution in [0.4, 0.5) is 13.2 Å². The Hall–Kier alpha value is -2.56. The number of nitrogens with zero attached hydrogens (tertiary/aromatic N) is 1. The Labute approximate surface area is 142 Å². The van der Waals surface area contributed by atoms with Crippen LogP contribution in [0.3, 0.4) is 0 Å². The molecule has 5 nitrogen and oxygen atoms in total. The average Bonchev–Trinajstić information content (AvgIpc) is 3.25. The maximum Gasteiger partial charge on any atom is 0.416 e. The molecule has 0 unspecified atom stereocenters. The van der Waals surface area contributed by atoms with Gasteiger partial charge in [0.1, 0.15) is 11.5 Å². The molecule has 1 aliphatic carbocycles. The Morgan fingerprint density at radius 3 is 2.64 bits per heavy atom. The summed E-state index contributed by atoms with van der Waals surface area (Å²) in [6.45, 7) is 1.63. The van der Waals surface area contributed by atoms with E-state index in [0.717, 1.165) is 12.1 Å². The van der Waals surface area contributed by atoms with Crippen LogP contribution in [0.5, 0.6) is 0 Å². The van der Waals surface area contributed by atoms with Gasteiger partial charge in [-0.1, -0.05) is 25.1 Å². The summed E-state index contributed by atoms with van der Waals surface area (Å²) in [5, 5.41) is 14.2. The minimum absolute atomic E-state index is 0.0464. The van der Waals surface area contributed by atoms with Crippen LogP contribution in [0.25, 0.3) is 0 Å². The minimum Gasteiger partial charge on any atom is -0.354 e. The van der Waals surface area contributed by atoms with Crippen LogP contribution < -0.4 is 10.6 Å². The van der Waals surface area contributed by atoms with E-state index < -0.39 is 40.4 Å². The maximum atomic E-state index is 13.0. The third kappa shape index (κ3) is 2.95. The van der Waals surface area contributed by atoms with Gasteiger partial charge in [-0.15, -0.1) is 0 Å². The highest BCUT2D eigenvalue weighted by Crippen LogP contribution is 2.41. The van der Waals surface area contributed by atoms with Crippen molar-refractivity contribution >= 4 is 11.8 Å². The predicted octanol–water partition coefficient (Wildman–Crippen LogP) is 1.88. The van der Waals surface area contributed by atoms with Crippen molar-refractivity contribution in [2.75, 3.05) is 6.54 Å². The van der Waals surface area contributed by atoms with Crippen molar-refractivity contribution in [1.29, 1.82) is 5.26 Å². The number of nitrogens with one attached hydrogen (secondary N) is 2. The highest BCUT2D eigenvalue weighted by Gasteiger charge is 2.54. The molecule has 1 saturated heterocycles. The maximum absolute atomic E-state index is 13.0. The fourth-order valence-corrected chi connectivity index (χ4v) is 3.19. The van der Waals surface area contributed by atoms with Gasteiger partial charge in [0.25, 0.3) is 0 Å². The molecule has 1 aromatic rings. The van der Waals surface area contributed by atoms with Gasteiger partial charge in [-0.2, -0.15) is 18.4 Å². The van der Waals surface area contributed by atoms with Gasteiger partial charge in [0.2, 0.25) is 11.8 Å². The Morgan fingerprint density at radius 1 is 1.40 bits per heavy atom. The summed E-state index contributed by atoms with van der Waals surface area (Å²) in [5.74, 6) is -2.37. The van der Waals surface area contributed by atoms with E-state index >= 15 is 0 Å². The number of rotatable bonds is 3. The summed E-state index contributed by atoms with van der Waals surface area (Å²) in [6, 6.07) is 6.66. The highest BCUT2D eigenvalue weighted by molar-refractivity contribution is 6.04. The zero-order chi connectivity index (χ0) is 18.5. The van der Waals surface area contributed by atoms with Crippen molar-refractivity contribution in [1.82, 2.24) is 10.6 Å². The summed E-state index contributed by atoms with van der Waals surface area (Å²) >= 11 is 0. The van der Waals surface area contributed by atoms with E-state index in [1.54, 1.807) is 6.92 Å². The van der Waals surface area contributed by atoms with Crippen LogP contribution in [0, 0.1) is 17.2 Å². The Morgan fingerprint density at radius 2 is 2.08 bits per heavy atom. The number of amides is 2. The molecule has 2 N–H and O–H groups in total. The van der Waals surface area contributed by atoms with Crippen molar-refractivity contribution in [3.05, 3.63) is 35.4 Å². The second-order valence-electron chi connectivity index (χ2n) is 6.83. The van der Waals surface area contributed by atoms with E-state index in [2.05, 4.69) is 10.6 Å². The van der Waals surface area contributed by atoms with Gasteiger partial charge in [-0.05, 0) is 24.5 Å². The second kappa shape index (κ2) is 5.48. The lowest BCUT2D eigenvalue weighted by atomic mass is 9.73. The van der Waals surface area contributed by atoms with Crippen molar-refractivity contribution < 1.29 is 22.8 Å². The first-order chi connectivity index (χ1) is 11.6. The number of carbonyl (C=O) groups excluding carboxylic acids is 2. The zero-order valence-corrected chi connectivity index (χ0v) is 13.4. The number of halogens is 3. The second-order valence-corrected chi connectivity index (χ2v) is 6.83. The standard InChI is InChI=1S/C17H16F3N3O2/c1-15(10-3-2-4-11(7-10)17(18,19)20)9-22-13(24)12(15)14(25)23-16(8-21)5-6-16/h2-4,7,12H,5-6,9H2,1H3,(H,22,24)(H,23,25)/t12-,15+/m1/s1. The number of alkyl halides is 3. The van der Waals surface area contributed by atoms with Crippen LogP contribution in [-0.4, -0.2) is 23.9 Å². The first-order valence-electron chi connectivity index (χ1n) is 7.80. The molecule has 3 rings (SSSR count). The van der Waals surface area contributed by atoms with E-state index in [0.29, 0.717) is 12.8 Å². The van der Waals surface area contributed by atoms with Gasteiger partial charge in [0, 0.05) is 12.0 Å². The number of nitriles is 1.